The van der Waals surface area contributed by atoms with Crippen molar-refractivity contribution in [3.05, 3.63) is 35.4 Å². The van der Waals surface area contributed by atoms with Gasteiger partial charge in [0.2, 0.25) is 5.91 Å². The highest BCUT2D eigenvalue weighted by molar-refractivity contribution is 5.79. The molecule has 3 nitrogen and oxygen atoms in total. The average molecular weight is 386 g/mol. The Morgan fingerprint density at radius 2 is 1.82 bits per heavy atom. The lowest BCUT2D eigenvalue weighted by Gasteiger charge is -2.40. The van der Waals surface area contributed by atoms with Crippen LogP contribution in [-0.2, 0) is 10.2 Å². The van der Waals surface area contributed by atoms with Gasteiger partial charge in [-0.05, 0) is 66.4 Å². The summed E-state index contributed by atoms with van der Waals surface area (Å²) >= 11 is 0. The largest absolute Gasteiger partial charge is 0.396 e. The van der Waals surface area contributed by atoms with Gasteiger partial charge in [-0.2, -0.15) is 0 Å². The summed E-state index contributed by atoms with van der Waals surface area (Å²) in [6, 6.07) is 9.31. The van der Waals surface area contributed by atoms with E-state index >= 15 is 0 Å². The van der Waals surface area contributed by atoms with Crippen molar-refractivity contribution in [2.24, 2.45) is 11.3 Å². The van der Waals surface area contributed by atoms with Crippen LogP contribution in [0.3, 0.4) is 0 Å². The second-order valence-electron chi connectivity index (χ2n) is 10.3. The van der Waals surface area contributed by atoms with E-state index in [0.29, 0.717) is 11.3 Å². The quantitative estimate of drug-likeness (QED) is 0.750. The Morgan fingerprint density at radius 3 is 2.36 bits per heavy atom. The minimum absolute atomic E-state index is 0.0129. The molecular formula is C25H39NO2. The number of hydrogen-bond acceptors (Lipinski definition) is 2. The van der Waals surface area contributed by atoms with Crippen LogP contribution < -0.4 is 0 Å². The summed E-state index contributed by atoms with van der Waals surface area (Å²) in [4.78, 5) is 14.7. The maximum atomic E-state index is 12.7. The third-order valence-corrected chi connectivity index (χ3v) is 7.29. The first-order valence-electron chi connectivity index (χ1n) is 11.3. The van der Waals surface area contributed by atoms with Gasteiger partial charge < -0.3 is 10.0 Å². The van der Waals surface area contributed by atoms with Crippen molar-refractivity contribution >= 4 is 5.91 Å². The predicted octanol–water partition coefficient (Wildman–Crippen LogP) is 5.27. The number of nitrogens with zero attached hydrogens (tertiary/aromatic N) is 1. The van der Waals surface area contributed by atoms with E-state index in [0.717, 1.165) is 38.8 Å². The van der Waals surface area contributed by atoms with Gasteiger partial charge in [-0.3, -0.25) is 4.79 Å². The Hall–Kier alpha value is -1.35. The third kappa shape index (κ3) is 4.62. The van der Waals surface area contributed by atoms with Crippen LogP contribution in [0.5, 0.6) is 0 Å². The number of carbonyl (C=O) groups is 1. The van der Waals surface area contributed by atoms with Crippen LogP contribution >= 0.6 is 0 Å². The van der Waals surface area contributed by atoms with Gasteiger partial charge in [-0.25, -0.2) is 0 Å². The molecule has 1 saturated heterocycles. The second kappa shape index (κ2) is 8.57. The molecule has 2 atom stereocenters. The van der Waals surface area contributed by atoms with Gasteiger partial charge in [0.25, 0.3) is 0 Å². The fourth-order valence-corrected chi connectivity index (χ4v) is 5.30. The average Bonchev–Trinajstić information content (AvgIpc) is 3.09. The number of hydrogen-bond donors (Lipinski definition) is 1. The summed E-state index contributed by atoms with van der Waals surface area (Å²) in [5.41, 5.74) is 3.52. The monoisotopic (exact) mass is 385 g/mol. The zero-order valence-electron chi connectivity index (χ0n) is 18.3. The molecule has 3 heteroatoms. The fraction of sp³-hybridized carbons (Fsp3) is 0.720. The molecule has 1 unspecified atom stereocenters. The van der Waals surface area contributed by atoms with Crippen molar-refractivity contribution in [2.75, 3.05) is 19.7 Å². The van der Waals surface area contributed by atoms with Crippen LogP contribution in [-0.4, -0.2) is 35.6 Å². The lowest BCUT2D eigenvalue weighted by molar-refractivity contribution is -0.139. The molecule has 28 heavy (non-hydrogen) atoms. The molecular weight excluding hydrogens is 346 g/mol. The van der Waals surface area contributed by atoms with Crippen molar-refractivity contribution in [1.29, 1.82) is 0 Å². The molecule has 1 N–H and O–H groups in total. The molecule has 1 saturated carbocycles. The van der Waals surface area contributed by atoms with Crippen molar-refractivity contribution in [2.45, 2.75) is 84.0 Å². The minimum Gasteiger partial charge on any atom is -0.396 e. The lowest BCUT2D eigenvalue weighted by Crippen LogP contribution is -2.45. The molecule has 1 aromatic rings. The first-order chi connectivity index (χ1) is 13.3. The van der Waals surface area contributed by atoms with Crippen LogP contribution in [0, 0.1) is 11.3 Å². The second-order valence-corrected chi connectivity index (χ2v) is 10.3. The van der Waals surface area contributed by atoms with Crippen LogP contribution in [0.15, 0.2) is 24.3 Å². The van der Waals surface area contributed by atoms with Gasteiger partial charge in [-0.1, -0.05) is 58.4 Å². The van der Waals surface area contributed by atoms with Crippen LogP contribution in [0.4, 0.5) is 0 Å². The Bertz CT molecular complexity index is 650. The zero-order chi connectivity index (χ0) is 20.4. The van der Waals surface area contributed by atoms with E-state index in [1.54, 1.807) is 0 Å². The third-order valence-electron chi connectivity index (χ3n) is 7.29. The molecule has 2 aliphatic rings. The first-order valence-corrected chi connectivity index (χ1v) is 11.3. The van der Waals surface area contributed by atoms with Crippen LogP contribution in [0.1, 0.15) is 89.7 Å². The normalized spacial score (nSPS) is 23.2. The number of aliphatic hydroxyl groups is 1. The Kier molecular flexibility index (Phi) is 6.54. The number of rotatable bonds is 5. The molecule has 1 aliphatic heterocycles. The Labute approximate surface area is 171 Å². The van der Waals surface area contributed by atoms with Crippen LogP contribution in [0.25, 0.3) is 0 Å². The van der Waals surface area contributed by atoms with Crippen molar-refractivity contribution in [3.63, 3.8) is 0 Å². The lowest BCUT2D eigenvalue weighted by atomic mass is 9.75. The minimum atomic E-state index is -0.197. The zero-order valence-corrected chi connectivity index (χ0v) is 18.3. The highest BCUT2D eigenvalue weighted by Crippen LogP contribution is 2.52. The van der Waals surface area contributed by atoms with E-state index in [4.69, 9.17) is 0 Å². The van der Waals surface area contributed by atoms with Gasteiger partial charge in [0.15, 0.2) is 0 Å². The standard InChI is InChI=1S/C25H39NO2/c1-5-6-21(18-27)23(28)26-15-13-25(14-16-26)12-11-20(17-25)19-7-9-22(10-8-19)24(2,3)4/h7-10,20-21,27H,5-6,11-18H2,1-4H3/t20?,21-/m1/s1. The summed E-state index contributed by atoms with van der Waals surface area (Å²) in [6.45, 7) is 10.6. The maximum Gasteiger partial charge on any atom is 0.227 e. The SMILES string of the molecule is CCC[C@H](CO)C(=O)N1CCC2(CCC(c3ccc(C(C)(C)C)cc3)C2)CC1. The molecule has 1 spiro atoms. The number of carbonyl (C=O) groups excluding carboxylic acids is 1. The first kappa shape index (κ1) is 21.4. The van der Waals surface area contributed by atoms with Gasteiger partial charge >= 0.3 is 0 Å². The van der Waals surface area contributed by atoms with E-state index in [-0.39, 0.29) is 23.8 Å². The van der Waals surface area contributed by atoms with E-state index in [1.165, 1.54) is 30.4 Å². The molecule has 1 aromatic carbocycles. The molecule has 0 bridgehead atoms. The van der Waals surface area contributed by atoms with E-state index in [2.05, 4.69) is 52.0 Å². The van der Waals surface area contributed by atoms with Gasteiger partial charge in [0.1, 0.15) is 0 Å². The highest BCUT2D eigenvalue weighted by atomic mass is 16.3. The van der Waals surface area contributed by atoms with Gasteiger partial charge in [0, 0.05) is 13.1 Å². The van der Waals surface area contributed by atoms with Crippen molar-refractivity contribution in [1.82, 2.24) is 4.90 Å². The number of likely N-dealkylation sites (tertiary alicyclic amines) is 1. The van der Waals surface area contributed by atoms with Gasteiger partial charge in [0.05, 0.1) is 12.5 Å². The molecule has 1 heterocycles. The summed E-state index contributed by atoms with van der Waals surface area (Å²) in [6.07, 6.45) is 7.83. The molecule has 1 amide bonds. The number of piperidine rings is 1. The summed E-state index contributed by atoms with van der Waals surface area (Å²) in [5.74, 6) is 0.643. The molecule has 156 valence electrons. The Balaban J connectivity index is 1.58. The highest BCUT2D eigenvalue weighted by Gasteiger charge is 2.42. The number of aliphatic hydroxyl groups excluding tert-OH is 1. The van der Waals surface area contributed by atoms with E-state index in [1.807, 2.05) is 4.90 Å². The fourth-order valence-electron chi connectivity index (χ4n) is 5.30. The van der Waals surface area contributed by atoms with Gasteiger partial charge in [-0.15, -0.1) is 0 Å². The summed E-state index contributed by atoms with van der Waals surface area (Å²) in [7, 11) is 0. The van der Waals surface area contributed by atoms with Crippen molar-refractivity contribution in [3.8, 4) is 0 Å². The predicted molar refractivity (Wildman–Crippen MR) is 115 cm³/mol. The number of amides is 1. The molecule has 1 aliphatic carbocycles. The van der Waals surface area contributed by atoms with E-state index < -0.39 is 0 Å². The Morgan fingerprint density at radius 1 is 1.18 bits per heavy atom. The molecule has 0 radical (unpaired) electrons. The van der Waals surface area contributed by atoms with Crippen molar-refractivity contribution < 1.29 is 9.90 Å². The molecule has 3 rings (SSSR count). The smallest absolute Gasteiger partial charge is 0.227 e. The summed E-state index contributed by atoms with van der Waals surface area (Å²) < 4.78 is 0. The molecule has 0 aromatic heterocycles. The maximum absolute atomic E-state index is 12.7. The number of benzene rings is 1. The van der Waals surface area contributed by atoms with Crippen LogP contribution in [0.2, 0.25) is 0 Å². The van der Waals surface area contributed by atoms with E-state index in [9.17, 15) is 9.90 Å². The topological polar surface area (TPSA) is 40.5 Å². The molecule has 2 fully saturated rings. The summed E-state index contributed by atoms with van der Waals surface area (Å²) in [5, 5.41) is 9.55.